The average Bonchev–Trinajstić information content (AvgIpc) is 3.28. The molecule has 5 heteroatoms. The minimum atomic E-state index is -0.445. The maximum atomic E-state index is 12.3. The number of ether oxygens (including phenoxy) is 1. The Balaban J connectivity index is 1.60. The van der Waals surface area contributed by atoms with Crippen LogP contribution in [0.5, 0.6) is 0 Å². The van der Waals surface area contributed by atoms with Crippen molar-refractivity contribution in [2.24, 2.45) is 0 Å². The van der Waals surface area contributed by atoms with Crippen LogP contribution in [0.3, 0.4) is 0 Å². The van der Waals surface area contributed by atoms with E-state index in [1.807, 2.05) is 24.3 Å². The second-order valence-electron chi connectivity index (χ2n) is 5.43. The Hall–Kier alpha value is -1.10. The second-order valence-corrected chi connectivity index (χ2v) is 5.87. The number of nitrogens with one attached hydrogen (secondary N) is 1. The van der Waals surface area contributed by atoms with Gasteiger partial charge in [-0.05, 0) is 43.4 Å². The number of hydrogen-bond donors (Lipinski definition) is 1. The summed E-state index contributed by atoms with van der Waals surface area (Å²) in [6.45, 7) is 0.697. The largest absolute Gasteiger partial charge is 0.350 e. The van der Waals surface area contributed by atoms with E-state index in [0.717, 1.165) is 37.7 Å². The normalized spacial score (nSPS) is 24.1. The molecule has 1 N–H and O–H groups in total. The number of rotatable bonds is 4. The molecule has 2 fully saturated rings. The minimum absolute atomic E-state index is 0.0889. The standard InChI is InChI=1S/C15H18ClNO3/c16-12-6-4-11(5-7-12)15(8-9-15)14(18)17-20-13-3-1-2-10-19-13/h4-7,13H,1-3,8-10H2,(H,17,18)/t13-/m0/s1. The number of halogens is 1. The highest BCUT2D eigenvalue weighted by molar-refractivity contribution is 6.30. The lowest BCUT2D eigenvalue weighted by Crippen LogP contribution is -2.39. The van der Waals surface area contributed by atoms with Crippen LogP contribution < -0.4 is 5.48 Å². The van der Waals surface area contributed by atoms with E-state index in [0.29, 0.717) is 11.6 Å². The van der Waals surface area contributed by atoms with Crippen LogP contribution in [0, 0.1) is 0 Å². The quantitative estimate of drug-likeness (QED) is 0.869. The molecule has 1 amide bonds. The molecule has 0 spiro atoms. The topological polar surface area (TPSA) is 47.6 Å². The van der Waals surface area contributed by atoms with E-state index in [-0.39, 0.29) is 12.2 Å². The molecule has 0 unspecified atom stereocenters. The molecule has 1 saturated heterocycles. The summed E-state index contributed by atoms with van der Waals surface area (Å²) in [5.74, 6) is -0.0889. The van der Waals surface area contributed by atoms with Crippen molar-refractivity contribution in [2.45, 2.75) is 43.8 Å². The Morgan fingerprint density at radius 1 is 1.30 bits per heavy atom. The van der Waals surface area contributed by atoms with Gasteiger partial charge in [0, 0.05) is 18.1 Å². The minimum Gasteiger partial charge on any atom is -0.350 e. The van der Waals surface area contributed by atoms with E-state index < -0.39 is 5.41 Å². The van der Waals surface area contributed by atoms with Crippen LogP contribution >= 0.6 is 11.6 Å². The Labute approximate surface area is 123 Å². The smallest absolute Gasteiger partial charge is 0.254 e. The van der Waals surface area contributed by atoms with Gasteiger partial charge in [-0.2, -0.15) is 0 Å². The van der Waals surface area contributed by atoms with Crippen molar-refractivity contribution in [1.29, 1.82) is 0 Å². The molecule has 1 aromatic rings. The fourth-order valence-corrected chi connectivity index (χ4v) is 2.69. The van der Waals surface area contributed by atoms with Gasteiger partial charge in [0.05, 0.1) is 5.41 Å². The summed E-state index contributed by atoms with van der Waals surface area (Å²) in [6.07, 6.45) is 4.33. The molecule has 1 saturated carbocycles. The van der Waals surface area contributed by atoms with Crippen LogP contribution in [-0.4, -0.2) is 18.8 Å². The Kier molecular flexibility index (Phi) is 3.96. The molecular formula is C15H18ClNO3. The monoisotopic (exact) mass is 295 g/mol. The van der Waals surface area contributed by atoms with Crippen LogP contribution in [0.25, 0.3) is 0 Å². The van der Waals surface area contributed by atoms with Crippen molar-refractivity contribution in [1.82, 2.24) is 5.48 Å². The summed E-state index contributed by atoms with van der Waals surface area (Å²) in [7, 11) is 0. The van der Waals surface area contributed by atoms with Gasteiger partial charge in [0.25, 0.3) is 5.91 Å². The van der Waals surface area contributed by atoms with Gasteiger partial charge in [0.1, 0.15) is 0 Å². The molecule has 4 nitrogen and oxygen atoms in total. The third-order valence-electron chi connectivity index (χ3n) is 4.00. The molecule has 2 aliphatic rings. The van der Waals surface area contributed by atoms with Gasteiger partial charge in [0.2, 0.25) is 0 Å². The molecular weight excluding hydrogens is 278 g/mol. The highest BCUT2D eigenvalue weighted by Gasteiger charge is 2.51. The lowest BCUT2D eigenvalue weighted by Gasteiger charge is -2.23. The first-order valence-corrected chi connectivity index (χ1v) is 7.42. The number of hydrogen-bond acceptors (Lipinski definition) is 3. The van der Waals surface area contributed by atoms with Crippen LogP contribution in [0.4, 0.5) is 0 Å². The zero-order valence-electron chi connectivity index (χ0n) is 11.2. The molecule has 3 rings (SSSR count). The fourth-order valence-electron chi connectivity index (χ4n) is 2.56. The van der Waals surface area contributed by atoms with Crippen LogP contribution in [0.15, 0.2) is 24.3 Å². The van der Waals surface area contributed by atoms with Gasteiger partial charge < -0.3 is 4.74 Å². The SMILES string of the molecule is O=C(NO[C@H]1CCCCO1)C1(c2ccc(Cl)cc2)CC1. The first kappa shape index (κ1) is 13.9. The predicted molar refractivity (Wildman–Crippen MR) is 75.2 cm³/mol. The van der Waals surface area contributed by atoms with Gasteiger partial charge in [-0.1, -0.05) is 23.7 Å². The third kappa shape index (κ3) is 2.82. The van der Waals surface area contributed by atoms with Crippen LogP contribution in [0.1, 0.15) is 37.7 Å². The molecule has 108 valence electrons. The van der Waals surface area contributed by atoms with Gasteiger partial charge in [-0.3, -0.25) is 4.79 Å². The lowest BCUT2D eigenvalue weighted by atomic mass is 9.95. The number of carbonyl (C=O) groups is 1. The number of benzene rings is 1. The maximum absolute atomic E-state index is 12.3. The highest BCUT2D eigenvalue weighted by Crippen LogP contribution is 2.48. The molecule has 0 aromatic heterocycles. The molecule has 0 radical (unpaired) electrons. The second kappa shape index (κ2) is 5.72. The van der Waals surface area contributed by atoms with E-state index in [1.54, 1.807) is 0 Å². The highest BCUT2D eigenvalue weighted by atomic mass is 35.5. The lowest BCUT2D eigenvalue weighted by molar-refractivity contribution is -0.201. The number of hydroxylamine groups is 1. The van der Waals surface area contributed by atoms with Crippen molar-refractivity contribution in [2.75, 3.05) is 6.61 Å². The Morgan fingerprint density at radius 3 is 2.65 bits per heavy atom. The van der Waals surface area contributed by atoms with Gasteiger partial charge in [-0.25, -0.2) is 10.3 Å². The summed E-state index contributed by atoms with van der Waals surface area (Å²) >= 11 is 5.88. The number of amides is 1. The van der Waals surface area contributed by atoms with E-state index in [2.05, 4.69) is 5.48 Å². The molecule has 1 aliphatic heterocycles. The Morgan fingerprint density at radius 2 is 2.05 bits per heavy atom. The number of carbonyl (C=O) groups excluding carboxylic acids is 1. The van der Waals surface area contributed by atoms with Gasteiger partial charge in [-0.15, -0.1) is 0 Å². The average molecular weight is 296 g/mol. The zero-order chi connectivity index (χ0) is 14.0. The zero-order valence-corrected chi connectivity index (χ0v) is 12.0. The van der Waals surface area contributed by atoms with Crippen LogP contribution in [-0.2, 0) is 19.8 Å². The molecule has 20 heavy (non-hydrogen) atoms. The predicted octanol–water partition coefficient (Wildman–Crippen LogP) is 2.95. The fraction of sp³-hybridized carbons (Fsp3) is 0.533. The first-order valence-electron chi connectivity index (χ1n) is 7.04. The van der Waals surface area contributed by atoms with E-state index >= 15 is 0 Å². The van der Waals surface area contributed by atoms with E-state index in [1.165, 1.54) is 0 Å². The van der Waals surface area contributed by atoms with Gasteiger partial charge in [0.15, 0.2) is 6.29 Å². The van der Waals surface area contributed by atoms with Crippen LogP contribution in [0.2, 0.25) is 5.02 Å². The van der Waals surface area contributed by atoms with Crippen molar-refractivity contribution in [3.05, 3.63) is 34.9 Å². The molecule has 1 aromatic carbocycles. The third-order valence-corrected chi connectivity index (χ3v) is 4.25. The van der Waals surface area contributed by atoms with Crippen molar-refractivity contribution in [3.63, 3.8) is 0 Å². The van der Waals surface area contributed by atoms with Gasteiger partial charge >= 0.3 is 0 Å². The maximum Gasteiger partial charge on any atom is 0.254 e. The summed E-state index contributed by atoms with van der Waals surface area (Å²) in [4.78, 5) is 17.7. The summed E-state index contributed by atoms with van der Waals surface area (Å²) in [5, 5.41) is 0.678. The molecule has 1 heterocycles. The summed E-state index contributed by atoms with van der Waals surface area (Å²) in [5.41, 5.74) is 3.12. The molecule has 1 aliphatic carbocycles. The molecule has 1 atom stereocenters. The van der Waals surface area contributed by atoms with Crippen molar-refractivity contribution >= 4 is 17.5 Å². The van der Waals surface area contributed by atoms with Crippen molar-refractivity contribution < 1.29 is 14.4 Å². The van der Waals surface area contributed by atoms with E-state index in [4.69, 9.17) is 21.2 Å². The first-order chi connectivity index (χ1) is 9.71. The Bertz CT molecular complexity index is 478. The summed E-state index contributed by atoms with van der Waals surface area (Å²) in [6, 6.07) is 7.45. The van der Waals surface area contributed by atoms with Crippen molar-refractivity contribution in [3.8, 4) is 0 Å². The summed E-state index contributed by atoms with van der Waals surface area (Å²) < 4.78 is 5.43. The van der Waals surface area contributed by atoms with E-state index in [9.17, 15) is 4.79 Å². The molecule has 0 bridgehead atoms.